The van der Waals surface area contributed by atoms with Gasteiger partial charge >= 0.3 is 6.03 Å². The molecule has 2 amide bonds. The van der Waals surface area contributed by atoms with E-state index in [-0.39, 0.29) is 6.03 Å². The second kappa shape index (κ2) is 5.66. The van der Waals surface area contributed by atoms with Crippen molar-refractivity contribution < 1.29 is 13.2 Å². The molecule has 2 saturated heterocycles. The Bertz CT molecular complexity index is 430. The van der Waals surface area contributed by atoms with Crippen LogP contribution in [-0.2, 0) is 10.0 Å². The summed E-state index contributed by atoms with van der Waals surface area (Å²) in [6.45, 7) is 5.64. The van der Waals surface area contributed by atoms with Crippen molar-refractivity contribution in [3.63, 3.8) is 0 Å². The number of hydrogen-bond donors (Lipinski definition) is 0. The van der Waals surface area contributed by atoms with Gasteiger partial charge in [-0.25, -0.2) is 13.2 Å². The average Bonchev–Trinajstić information content (AvgIpc) is 2.37. The molecule has 7 heteroatoms. The molecule has 1 unspecified atom stereocenters. The minimum atomic E-state index is -3.13. The van der Waals surface area contributed by atoms with E-state index in [1.165, 1.54) is 17.0 Å². The monoisotopic (exact) mass is 289 g/mol. The molecular formula is C12H23N3O3S. The van der Waals surface area contributed by atoms with Crippen LogP contribution in [0.4, 0.5) is 4.79 Å². The second-order valence-electron chi connectivity index (χ2n) is 5.63. The van der Waals surface area contributed by atoms with Gasteiger partial charge in [-0.15, -0.1) is 0 Å². The van der Waals surface area contributed by atoms with Gasteiger partial charge in [-0.05, 0) is 18.8 Å². The van der Waals surface area contributed by atoms with Gasteiger partial charge in [0.15, 0.2) is 0 Å². The number of carbonyl (C=O) groups is 1. The number of nitrogens with zero attached hydrogens (tertiary/aromatic N) is 3. The maximum Gasteiger partial charge on any atom is 0.320 e. The lowest BCUT2D eigenvalue weighted by Gasteiger charge is -2.39. The summed E-state index contributed by atoms with van der Waals surface area (Å²) in [6.07, 6.45) is 3.47. The number of likely N-dealkylation sites (tertiary alicyclic amines) is 1. The van der Waals surface area contributed by atoms with Gasteiger partial charge in [-0.1, -0.05) is 6.92 Å². The number of carbonyl (C=O) groups excluding carboxylic acids is 1. The van der Waals surface area contributed by atoms with Crippen LogP contribution in [0.2, 0.25) is 0 Å². The van der Waals surface area contributed by atoms with E-state index in [1.807, 2.05) is 4.90 Å². The number of piperazine rings is 1. The zero-order valence-electron chi connectivity index (χ0n) is 11.7. The summed E-state index contributed by atoms with van der Waals surface area (Å²) >= 11 is 0. The minimum Gasteiger partial charge on any atom is -0.324 e. The van der Waals surface area contributed by atoms with E-state index < -0.39 is 10.0 Å². The molecule has 2 aliphatic rings. The van der Waals surface area contributed by atoms with E-state index in [2.05, 4.69) is 6.92 Å². The molecule has 6 nitrogen and oxygen atoms in total. The van der Waals surface area contributed by atoms with Crippen molar-refractivity contribution >= 4 is 16.1 Å². The summed E-state index contributed by atoms with van der Waals surface area (Å²) in [5, 5.41) is 0. The fourth-order valence-corrected chi connectivity index (χ4v) is 3.60. The first-order valence-corrected chi connectivity index (χ1v) is 8.72. The van der Waals surface area contributed by atoms with Crippen molar-refractivity contribution in [3.05, 3.63) is 0 Å². The Morgan fingerprint density at radius 1 is 1.05 bits per heavy atom. The normalized spacial score (nSPS) is 26.5. The van der Waals surface area contributed by atoms with E-state index >= 15 is 0 Å². The first-order chi connectivity index (χ1) is 8.88. The molecule has 0 spiro atoms. The van der Waals surface area contributed by atoms with Crippen LogP contribution in [-0.4, -0.2) is 74.1 Å². The maximum atomic E-state index is 12.3. The van der Waals surface area contributed by atoms with Crippen molar-refractivity contribution in [1.82, 2.24) is 14.1 Å². The number of sulfonamides is 1. The smallest absolute Gasteiger partial charge is 0.320 e. The van der Waals surface area contributed by atoms with Crippen LogP contribution in [0.15, 0.2) is 0 Å². The number of piperidine rings is 1. The zero-order valence-corrected chi connectivity index (χ0v) is 12.5. The lowest BCUT2D eigenvalue weighted by atomic mass is 10.0. The third kappa shape index (κ3) is 3.60. The molecule has 1 atom stereocenters. The molecule has 0 saturated carbocycles. The molecule has 2 rings (SSSR count). The molecule has 0 radical (unpaired) electrons. The third-order valence-corrected chi connectivity index (χ3v) is 5.21. The molecule has 0 aromatic carbocycles. The molecule has 0 aromatic rings. The van der Waals surface area contributed by atoms with Crippen molar-refractivity contribution in [2.45, 2.75) is 19.8 Å². The molecule has 0 aliphatic carbocycles. The SMILES string of the molecule is CC1CCCN(C(=O)N2CCN(S(C)(=O)=O)CC2)C1. The van der Waals surface area contributed by atoms with Crippen molar-refractivity contribution in [1.29, 1.82) is 0 Å². The highest BCUT2D eigenvalue weighted by Crippen LogP contribution is 2.17. The molecule has 110 valence electrons. The Morgan fingerprint density at radius 2 is 1.68 bits per heavy atom. The third-order valence-electron chi connectivity index (χ3n) is 3.91. The van der Waals surface area contributed by atoms with Gasteiger partial charge in [-0.2, -0.15) is 4.31 Å². The van der Waals surface area contributed by atoms with Gasteiger partial charge in [0.1, 0.15) is 0 Å². The van der Waals surface area contributed by atoms with Crippen LogP contribution in [0.25, 0.3) is 0 Å². The van der Waals surface area contributed by atoms with E-state index in [1.54, 1.807) is 4.90 Å². The quantitative estimate of drug-likeness (QED) is 0.703. The van der Waals surface area contributed by atoms with Gasteiger partial charge in [0.05, 0.1) is 6.26 Å². The Hall–Kier alpha value is -0.820. The van der Waals surface area contributed by atoms with Crippen LogP contribution in [0.1, 0.15) is 19.8 Å². The Kier molecular flexibility index (Phi) is 4.35. The van der Waals surface area contributed by atoms with E-state index in [4.69, 9.17) is 0 Å². The van der Waals surface area contributed by atoms with Gasteiger partial charge in [-0.3, -0.25) is 0 Å². The highest BCUT2D eigenvalue weighted by molar-refractivity contribution is 7.88. The highest BCUT2D eigenvalue weighted by Gasteiger charge is 2.30. The van der Waals surface area contributed by atoms with Crippen LogP contribution >= 0.6 is 0 Å². The fourth-order valence-electron chi connectivity index (χ4n) is 2.77. The molecule has 0 N–H and O–H groups in total. The van der Waals surface area contributed by atoms with Crippen molar-refractivity contribution in [3.8, 4) is 0 Å². The van der Waals surface area contributed by atoms with Crippen LogP contribution in [0, 0.1) is 5.92 Å². The van der Waals surface area contributed by atoms with Gasteiger partial charge in [0.25, 0.3) is 0 Å². The van der Waals surface area contributed by atoms with Gasteiger partial charge in [0.2, 0.25) is 10.0 Å². The largest absolute Gasteiger partial charge is 0.324 e. The first-order valence-electron chi connectivity index (χ1n) is 6.87. The van der Waals surface area contributed by atoms with Gasteiger partial charge in [0, 0.05) is 39.3 Å². The lowest BCUT2D eigenvalue weighted by molar-refractivity contribution is 0.117. The Labute approximate surface area is 115 Å². The number of hydrogen-bond acceptors (Lipinski definition) is 3. The standard InChI is InChI=1S/C12H23N3O3S/c1-11-4-3-5-14(10-11)12(16)13-6-8-15(9-7-13)19(2,17)18/h11H,3-10H2,1-2H3. The number of urea groups is 1. The molecular weight excluding hydrogens is 266 g/mol. The molecule has 0 aromatic heterocycles. The Balaban J connectivity index is 1.89. The first kappa shape index (κ1) is 14.6. The zero-order chi connectivity index (χ0) is 14.0. The van der Waals surface area contributed by atoms with Crippen LogP contribution in [0.3, 0.4) is 0 Å². The molecule has 0 bridgehead atoms. The topological polar surface area (TPSA) is 60.9 Å². The minimum absolute atomic E-state index is 0.0692. The summed E-state index contributed by atoms with van der Waals surface area (Å²) in [6, 6.07) is 0.0692. The van der Waals surface area contributed by atoms with E-state index in [0.29, 0.717) is 32.1 Å². The summed E-state index contributed by atoms with van der Waals surface area (Å²) < 4.78 is 24.3. The van der Waals surface area contributed by atoms with Gasteiger partial charge < -0.3 is 9.80 Å². The molecule has 19 heavy (non-hydrogen) atoms. The Morgan fingerprint density at radius 3 is 2.21 bits per heavy atom. The van der Waals surface area contributed by atoms with Crippen LogP contribution < -0.4 is 0 Å². The molecule has 2 aliphatic heterocycles. The summed E-state index contributed by atoms with van der Waals surface area (Å²) in [4.78, 5) is 16.0. The van der Waals surface area contributed by atoms with Crippen molar-refractivity contribution in [2.24, 2.45) is 5.92 Å². The summed E-state index contributed by atoms with van der Waals surface area (Å²) in [5.41, 5.74) is 0. The predicted molar refractivity (Wildman–Crippen MR) is 73.4 cm³/mol. The van der Waals surface area contributed by atoms with Crippen molar-refractivity contribution in [2.75, 3.05) is 45.5 Å². The fraction of sp³-hybridized carbons (Fsp3) is 0.917. The second-order valence-corrected chi connectivity index (χ2v) is 7.61. The van der Waals surface area contributed by atoms with E-state index in [0.717, 1.165) is 19.5 Å². The number of rotatable bonds is 1. The highest BCUT2D eigenvalue weighted by atomic mass is 32.2. The summed E-state index contributed by atoms with van der Waals surface area (Å²) in [5.74, 6) is 0.565. The van der Waals surface area contributed by atoms with E-state index in [9.17, 15) is 13.2 Å². The number of amides is 2. The lowest BCUT2D eigenvalue weighted by Crippen LogP contribution is -2.55. The maximum absolute atomic E-state index is 12.3. The molecule has 2 heterocycles. The summed E-state index contributed by atoms with van der Waals surface area (Å²) in [7, 11) is -3.13. The molecule has 2 fully saturated rings. The van der Waals surface area contributed by atoms with Crippen LogP contribution in [0.5, 0.6) is 0 Å². The predicted octanol–water partition coefficient (Wildman–Crippen LogP) is 0.416. The average molecular weight is 289 g/mol.